The van der Waals surface area contributed by atoms with Crippen LogP contribution in [0.3, 0.4) is 0 Å². The van der Waals surface area contributed by atoms with E-state index in [1.54, 1.807) is 6.20 Å². The number of fused-ring (bicyclic) bond motifs is 1. The summed E-state index contributed by atoms with van der Waals surface area (Å²) in [7, 11) is 0. The summed E-state index contributed by atoms with van der Waals surface area (Å²) in [5, 5.41) is 2.88. The van der Waals surface area contributed by atoms with Gasteiger partial charge in [-0.1, -0.05) is 18.2 Å². The molecule has 0 saturated carbocycles. The van der Waals surface area contributed by atoms with E-state index in [9.17, 15) is 4.79 Å². The third kappa shape index (κ3) is 3.67. The Balaban J connectivity index is 1.59. The Morgan fingerprint density at radius 1 is 1.33 bits per heavy atom. The second-order valence-electron chi connectivity index (χ2n) is 6.62. The molecule has 0 aliphatic carbocycles. The van der Waals surface area contributed by atoms with Gasteiger partial charge in [0.05, 0.1) is 11.7 Å². The molecule has 1 aromatic heterocycles. The van der Waals surface area contributed by atoms with Crippen LogP contribution in [0.25, 0.3) is 0 Å². The third-order valence-corrected chi connectivity index (χ3v) is 3.92. The molecule has 24 heavy (non-hydrogen) atoms. The van der Waals surface area contributed by atoms with Crippen molar-refractivity contribution in [3.05, 3.63) is 53.9 Å². The predicted octanol–water partition coefficient (Wildman–Crippen LogP) is 3.05. The molecule has 0 saturated heterocycles. The van der Waals surface area contributed by atoms with Crippen LogP contribution in [0, 0.1) is 0 Å². The standard InChI is InChI=1S/C19H22N2O3/c1-13(15-8-4-5-10-20-15)21-17(22)12-23-16-9-6-7-14-11-19(2,3)24-18(14)16/h4-10,13H,11-12H2,1-3H3,(H,21,22). The lowest BCUT2D eigenvalue weighted by Gasteiger charge is -2.18. The molecule has 1 N–H and O–H groups in total. The number of benzene rings is 1. The van der Waals surface area contributed by atoms with Gasteiger partial charge in [0.15, 0.2) is 18.1 Å². The zero-order valence-electron chi connectivity index (χ0n) is 14.2. The first-order valence-electron chi connectivity index (χ1n) is 8.09. The predicted molar refractivity (Wildman–Crippen MR) is 91.1 cm³/mol. The first-order chi connectivity index (χ1) is 11.4. The van der Waals surface area contributed by atoms with E-state index in [2.05, 4.69) is 10.3 Å². The van der Waals surface area contributed by atoms with Gasteiger partial charge in [-0.2, -0.15) is 0 Å². The van der Waals surface area contributed by atoms with Crippen LogP contribution in [0.2, 0.25) is 0 Å². The Morgan fingerprint density at radius 2 is 2.17 bits per heavy atom. The van der Waals surface area contributed by atoms with Crippen molar-refractivity contribution < 1.29 is 14.3 Å². The minimum Gasteiger partial charge on any atom is -0.483 e. The minimum atomic E-state index is -0.239. The van der Waals surface area contributed by atoms with Gasteiger partial charge in [0, 0.05) is 18.2 Å². The minimum absolute atomic E-state index is 0.0581. The zero-order valence-corrected chi connectivity index (χ0v) is 14.2. The molecular formula is C19H22N2O3. The maximum atomic E-state index is 12.1. The van der Waals surface area contributed by atoms with Gasteiger partial charge >= 0.3 is 0 Å². The number of hydrogen-bond acceptors (Lipinski definition) is 4. The van der Waals surface area contributed by atoms with E-state index >= 15 is 0 Å². The quantitative estimate of drug-likeness (QED) is 0.917. The van der Waals surface area contributed by atoms with E-state index in [0.29, 0.717) is 5.75 Å². The second-order valence-corrected chi connectivity index (χ2v) is 6.62. The average molecular weight is 326 g/mol. The summed E-state index contributed by atoms with van der Waals surface area (Å²) in [4.78, 5) is 16.4. The summed E-state index contributed by atoms with van der Waals surface area (Å²) in [6.07, 6.45) is 2.54. The van der Waals surface area contributed by atoms with E-state index in [4.69, 9.17) is 9.47 Å². The molecule has 126 valence electrons. The number of ether oxygens (including phenoxy) is 2. The van der Waals surface area contributed by atoms with E-state index in [-0.39, 0.29) is 24.2 Å². The van der Waals surface area contributed by atoms with Gasteiger partial charge in [-0.15, -0.1) is 0 Å². The number of aromatic nitrogens is 1. The molecule has 5 heteroatoms. The summed E-state index contributed by atoms with van der Waals surface area (Å²) in [5.41, 5.74) is 1.69. The molecule has 2 heterocycles. The molecule has 5 nitrogen and oxygen atoms in total. The number of carbonyl (C=O) groups excluding carboxylic acids is 1. The van der Waals surface area contributed by atoms with E-state index in [1.807, 2.05) is 57.2 Å². The second kappa shape index (κ2) is 6.51. The summed E-state index contributed by atoms with van der Waals surface area (Å²) in [6, 6.07) is 11.2. The highest BCUT2D eigenvalue weighted by Gasteiger charge is 2.32. The molecule has 2 aromatic rings. The zero-order chi connectivity index (χ0) is 17.2. The Bertz CT molecular complexity index is 729. The van der Waals surface area contributed by atoms with Crippen LogP contribution in [-0.4, -0.2) is 23.1 Å². The lowest BCUT2D eigenvalue weighted by atomic mass is 10.0. The number of rotatable bonds is 5. The Kier molecular flexibility index (Phi) is 4.42. The number of carbonyl (C=O) groups is 1. The lowest BCUT2D eigenvalue weighted by molar-refractivity contribution is -0.123. The highest BCUT2D eigenvalue weighted by molar-refractivity contribution is 5.78. The van der Waals surface area contributed by atoms with Crippen LogP contribution < -0.4 is 14.8 Å². The molecule has 0 bridgehead atoms. The molecule has 1 unspecified atom stereocenters. The topological polar surface area (TPSA) is 60.5 Å². The Labute approximate surface area is 142 Å². The number of hydrogen-bond donors (Lipinski definition) is 1. The van der Waals surface area contributed by atoms with Crippen LogP contribution >= 0.6 is 0 Å². The van der Waals surface area contributed by atoms with Gasteiger partial charge in [-0.3, -0.25) is 9.78 Å². The SMILES string of the molecule is CC(NC(=O)COc1cccc2c1OC(C)(C)C2)c1ccccn1. The third-order valence-electron chi connectivity index (χ3n) is 3.92. The van der Waals surface area contributed by atoms with Crippen molar-refractivity contribution >= 4 is 5.91 Å². The smallest absolute Gasteiger partial charge is 0.258 e. The molecular weight excluding hydrogens is 304 g/mol. The maximum Gasteiger partial charge on any atom is 0.258 e. The van der Waals surface area contributed by atoms with Crippen LogP contribution in [0.5, 0.6) is 11.5 Å². The Morgan fingerprint density at radius 3 is 2.92 bits per heavy atom. The molecule has 1 amide bonds. The van der Waals surface area contributed by atoms with Gasteiger partial charge < -0.3 is 14.8 Å². The van der Waals surface area contributed by atoms with Crippen LogP contribution in [0.4, 0.5) is 0 Å². The van der Waals surface area contributed by atoms with Gasteiger partial charge in [-0.05, 0) is 39.0 Å². The number of nitrogens with zero attached hydrogens (tertiary/aromatic N) is 1. The van der Waals surface area contributed by atoms with Crippen molar-refractivity contribution in [3.63, 3.8) is 0 Å². The number of nitrogens with one attached hydrogen (secondary N) is 1. The fourth-order valence-electron chi connectivity index (χ4n) is 2.83. The molecule has 1 aliphatic rings. The van der Waals surface area contributed by atoms with Crippen molar-refractivity contribution in [3.8, 4) is 11.5 Å². The first kappa shape index (κ1) is 16.3. The summed E-state index contributed by atoms with van der Waals surface area (Å²) in [6.45, 7) is 5.92. The number of pyridine rings is 1. The maximum absolute atomic E-state index is 12.1. The Hall–Kier alpha value is -2.56. The number of para-hydroxylation sites is 1. The van der Waals surface area contributed by atoms with Crippen molar-refractivity contribution in [2.45, 2.75) is 38.8 Å². The lowest BCUT2D eigenvalue weighted by Crippen LogP contribution is -2.31. The fraction of sp³-hybridized carbons (Fsp3) is 0.368. The van der Waals surface area contributed by atoms with Gasteiger partial charge in [0.25, 0.3) is 5.91 Å². The van der Waals surface area contributed by atoms with E-state index < -0.39 is 0 Å². The molecule has 1 atom stereocenters. The van der Waals surface area contributed by atoms with Crippen molar-refractivity contribution in [2.24, 2.45) is 0 Å². The molecule has 3 rings (SSSR count). The van der Waals surface area contributed by atoms with Gasteiger partial charge in [0.1, 0.15) is 5.60 Å². The van der Waals surface area contributed by atoms with Crippen LogP contribution in [-0.2, 0) is 11.2 Å². The van der Waals surface area contributed by atoms with Crippen molar-refractivity contribution in [1.29, 1.82) is 0 Å². The summed E-state index contributed by atoms with van der Waals surface area (Å²) >= 11 is 0. The molecule has 1 aliphatic heterocycles. The van der Waals surface area contributed by atoms with Crippen molar-refractivity contribution in [2.75, 3.05) is 6.61 Å². The number of amides is 1. The highest BCUT2D eigenvalue weighted by atomic mass is 16.5. The monoisotopic (exact) mass is 326 g/mol. The molecule has 1 aromatic carbocycles. The fourth-order valence-corrected chi connectivity index (χ4v) is 2.83. The van der Waals surface area contributed by atoms with Crippen LogP contribution in [0.1, 0.15) is 38.1 Å². The molecule has 0 fully saturated rings. The molecule has 0 radical (unpaired) electrons. The highest BCUT2D eigenvalue weighted by Crippen LogP contribution is 2.41. The average Bonchev–Trinajstić information content (AvgIpc) is 2.88. The van der Waals surface area contributed by atoms with Crippen molar-refractivity contribution in [1.82, 2.24) is 10.3 Å². The first-order valence-corrected chi connectivity index (χ1v) is 8.09. The summed E-state index contributed by atoms with van der Waals surface area (Å²) < 4.78 is 11.6. The van der Waals surface area contributed by atoms with Crippen LogP contribution in [0.15, 0.2) is 42.6 Å². The van der Waals surface area contributed by atoms with E-state index in [1.165, 1.54) is 0 Å². The van der Waals surface area contributed by atoms with Gasteiger partial charge in [-0.25, -0.2) is 0 Å². The largest absolute Gasteiger partial charge is 0.483 e. The van der Waals surface area contributed by atoms with E-state index in [0.717, 1.165) is 23.4 Å². The normalized spacial score (nSPS) is 16.0. The summed E-state index contributed by atoms with van der Waals surface area (Å²) in [5.74, 6) is 1.16. The molecule has 0 spiro atoms. The van der Waals surface area contributed by atoms with Gasteiger partial charge in [0.2, 0.25) is 0 Å².